The van der Waals surface area contributed by atoms with Crippen LogP contribution in [0.3, 0.4) is 0 Å². The standard InChI is InChI=1S/C22H25ClN2O4/c1-22(2,16-7-10-18-19(12-16)29-14-28-18)13-25-20(26)4-3-11-24-21(27)15-5-8-17(23)9-6-15/h5-10,12H,3-4,11,13-14H2,1-2H3,(H,24,27)(H,25,26). The average Bonchev–Trinajstić information content (AvgIpc) is 3.18. The summed E-state index contributed by atoms with van der Waals surface area (Å²) in [5.74, 6) is 1.26. The van der Waals surface area contributed by atoms with Gasteiger partial charge in [-0.05, 0) is 48.4 Å². The van der Waals surface area contributed by atoms with E-state index in [4.69, 9.17) is 21.1 Å². The zero-order valence-electron chi connectivity index (χ0n) is 16.6. The molecule has 0 saturated heterocycles. The molecule has 29 heavy (non-hydrogen) atoms. The van der Waals surface area contributed by atoms with Gasteiger partial charge < -0.3 is 20.1 Å². The maximum atomic E-state index is 12.2. The number of amides is 2. The number of nitrogens with one attached hydrogen (secondary N) is 2. The molecule has 0 fully saturated rings. The average molecular weight is 417 g/mol. The van der Waals surface area contributed by atoms with E-state index in [1.165, 1.54) is 0 Å². The summed E-state index contributed by atoms with van der Waals surface area (Å²) in [4.78, 5) is 24.2. The van der Waals surface area contributed by atoms with Crippen LogP contribution >= 0.6 is 11.6 Å². The molecule has 0 spiro atoms. The van der Waals surface area contributed by atoms with Gasteiger partial charge in [-0.2, -0.15) is 0 Å². The molecule has 3 rings (SSSR count). The SMILES string of the molecule is CC(C)(CNC(=O)CCCNC(=O)c1ccc(Cl)cc1)c1ccc2c(c1)OCO2. The lowest BCUT2D eigenvalue weighted by molar-refractivity contribution is -0.121. The van der Waals surface area contributed by atoms with Crippen molar-refractivity contribution in [3.63, 3.8) is 0 Å². The zero-order valence-corrected chi connectivity index (χ0v) is 17.3. The molecule has 1 heterocycles. The van der Waals surface area contributed by atoms with Crippen LogP contribution in [0.15, 0.2) is 42.5 Å². The van der Waals surface area contributed by atoms with Crippen LogP contribution in [0.4, 0.5) is 0 Å². The molecule has 0 bridgehead atoms. The van der Waals surface area contributed by atoms with Gasteiger partial charge in [-0.1, -0.05) is 31.5 Å². The number of benzene rings is 2. The Morgan fingerprint density at radius 1 is 1.03 bits per heavy atom. The van der Waals surface area contributed by atoms with Gasteiger partial charge in [-0.25, -0.2) is 0 Å². The molecule has 0 radical (unpaired) electrons. The van der Waals surface area contributed by atoms with Crippen molar-refractivity contribution in [1.29, 1.82) is 0 Å². The number of carbonyl (C=O) groups excluding carboxylic acids is 2. The maximum Gasteiger partial charge on any atom is 0.251 e. The van der Waals surface area contributed by atoms with E-state index in [1.807, 2.05) is 18.2 Å². The van der Waals surface area contributed by atoms with Gasteiger partial charge in [0, 0.05) is 35.5 Å². The zero-order chi connectivity index (χ0) is 20.9. The molecule has 0 saturated carbocycles. The highest BCUT2D eigenvalue weighted by atomic mass is 35.5. The number of fused-ring (bicyclic) bond motifs is 1. The van der Waals surface area contributed by atoms with E-state index in [0.717, 1.165) is 17.1 Å². The molecule has 154 valence electrons. The van der Waals surface area contributed by atoms with Crippen LogP contribution < -0.4 is 20.1 Å². The van der Waals surface area contributed by atoms with Crippen LogP contribution in [0.25, 0.3) is 0 Å². The lowest BCUT2D eigenvalue weighted by Gasteiger charge is -2.26. The summed E-state index contributed by atoms with van der Waals surface area (Å²) in [5.41, 5.74) is 1.36. The van der Waals surface area contributed by atoms with Crippen molar-refractivity contribution in [2.75, 3.05) is 19.9 Å². The fourth-order valence-corrected chi connectivity index (χ4v) is 3.11. The van der Waals surface area contributed by atoms with Crippen LogP contribution in [0, 0.1) is 0 Å². The summed E-state index contributed by atoms with van der Waals surface area (Å²) in [6.45, 7) is 5.31. The lowest BCUT2D eigenvalue weighted by Crippen LogP contribution is -2.37. The second kappa shape index (κ2) is 9.18. The van der Waals surface area contributed by atoms with E-state index in [2.05, 4.69) is 24.5 Å². The van der Waals surface area contributed by atoms with Gasteiger partial charge in [-0.3, -0.25) is 9.59 Å². The second-order valence-electron chi connectivity index (χ2n) is 7.60. The molecule has 7 heteroatoms. The molecule has 0 aliphatic carbocycles. The monoisotopic (exact) mass is 416 g/mol. The molecule has 1 aliphatic rings. The molecule has 2 aromatic rings. The van der Waals surface area contributed by atoms with Gasteiger partial charge in [0.1, 0.15) is 0 Å². The van der Waals surface area contributed by atoms with Gasteiger partial charge in [0.2, 0.25) is 12.7 Å². The molecule has 2 aromatic carbocycles. The highest BCUT2D eigenvalue weighted by Gasteiger charge is 2.24. The predicted octanol–water partition coefficient (Wildman–Crippen LogP) is 3.67. The van der Waals surface area contributed by atoms with Gasteiger partial charge in [0.25, 0.3) is 5.91 Å². The third kappa shape index (κ3) is 5.64. The van der Waals surface area contributed by atoms with Crippen molar-refractivity contribution in [2.24, 2.45) is 0 Å². The highest BCUT2D eigenvalue weighted by Crippen LogP contribution is 2.36. The number of ether oxygens (including phenoxy) is 2. The Labute approximate surface area is 175 Å². The topological polar surface area (TPSA) is 76.7 Å². The first kappa shape index (κ1) is 21.0. The van der Waals surface area contributed by atoms with Crippen LogP contribution in [0.1, 0.15) is 42.6 Å². The van der Waals surface area contributed by atoms with E-state index >= 15 is 0 Å². The Morgan fingerprint density at radius 3 is 2.52 bits per heavy atom. The number of halogens is 1. The molecular weight excluding hydrogens is 392 g/mol. The third-order valence-electron chi connectivity index (χ3n) is 4.85. The van der Waals surface area contributed by atoms with E-state index in [9.17, 15) is 9.59 Å². The Hall–Kier alpha value is -2.73. The fourth-order valence-electron chi connectivity index (χ4n) is 2.98. The van der Waals surface area contributed by atoms with Crippen molar-refractivity contribution >= 4 is 23.4 Å². The fraction of sp³-hybridized carbons (Fsp3) is 0.364. The normalized spacial score (nSPS) is 12.5. The van der Waals surface area contributed by atoms with E-state index in [1.54, 1.807) is 24.3 Å². The second-order valence-corrected chi connectivity index (χ2v) is 8.03. The van der Waals surface area contributed by atoms with Crippen LogP contribution in [0.5, 0.6) is 11.5 Å². The smallest absolute Gasteiger partial charge is 0.251 e. The predicted molar refractivity (Wildman–Crippen MR) is 112 cm³/mol. The summed E-state index contributed by atoms with van der Waals surface area (Å²) >= 11 is 5.82. The van der Waals surface area contributed by atoms with E-state index < -0.39 is 0 Å². The van der Waals surface area contributed by atoms with Crippen molar-refractivity contribution in [2.45, 2.75) is 32.1 Å². The van der Waals surface area contributed by atoms with Crippen molar-refractivity contribution in [3.8, 4) is 11.5 Å². The molecule has 0 aromatic heterocycles. The van der Waals surface area contributed by atoms with Gasteiger partial charge >= 0.3 is 0 Å². The van der Waals surface area contributed by atoms with Gasteiger partial charge in [0.15, 0.2) is 11.5 Å². The Morgan fingerprint density at radius 2 is 1.76 bits per heavy atom. The number of carbonyl (C=O) groups is 2. The lowest BCUT2D eigenvalue weighted by atomic mass is 9.84. The van der Waals surface area contributed by atoms with Crippen LogP contribution in [-0.4, -0.2) is 31.7 Å². The Bertz CT molecular complexity index is 881. The third-order valence-corrected chi connectivity index (χ3v) is 5.11. The maximum absolute atomic E-state index is 12.2. The molecule has 6 nitrogen and oxygen atoms in total. The van der Waals surface area contributed by atoms with Crippen LogP contribution in [0.2, 0.25) is 5.02 Å². The largest absolute Gasteiger partial charge is 0.454 e. The molecule has 0 unspecified atom stereocenters. The molecule has 0 atom stereocenters. The number of hydrogen-bond donors (Lipinski definition) is 2. The van der Waals surface area contributed by atoms with Crippen LogP contribution in [-0.2, 0) is 10.2 Å². The molecule has 2 amide bonds. The first-order valence-corrected chi connectivity index (χ1v) is 9.93. The highest BCUT2D eigenvalue weighted by molar-refractivity contribution is 6.30. The minimum atomic E-state index is -0.251. The van der Waals surface area contributed by atoms with Crippen molar-refractivity contribution in [1.82, 2.24) is 10.6 Å². The molecule has 2 N–H and O–H groups in total. The summed E-state index contributed by atoms with van der Waals surface area (Å²) in [6, 6.07) is 12.5. The van der Waals surface area contributed by atoms with Gasteiger partial charge in [0.05, 0.1) is 0 Å². The summed E-state index contributed by atoms with van der Waals surface area (Å²) < 4.78 is 10.8. The minimum absolute atomic E-state index is 0.0421. The van der Waals surface area contributed by atoms with Crippen molar-refractivity contribution < 1.29 is 19.1 Å². The summed E-state index contributed by atoms with van der Waals surface area (Å²) in [6.07, 6.45) is 0.910. The quantitative estimate of drug-likeness (QED) is 0.644. The summed E-state index contributed by atoms with van der Waals surface area (Å²) in [5, 5.41) is 6.37. The Kier molecular flexibility index (Phi) is 6.64. The minimum Gasteiger partial charge on any atom is -0.454 e. The number of rotatable bonds is 8. The first-order valence-electron chi connectivity index (χ1n) is 9.56. The van der Waals surface area contributed by atoms with Crippen molar-refractivity contribution in [3.05, 3.63) is 58.6 Å². The van der Waals surface area contributed by atoms with E-state index in [0.29, 0.717) is 36.5 Å². The van der Waals surface area contributed by atoms with Gasteiger partial charge in [-0.15, -0.1) is 0 Å². The first-order chi connectivity index (χ1) is 13.8. The molecule has 1 aliphatic heterocycles. The summed E-state index contributed by atoms with van der Waals surface area (Å²) in [7, 11) is 0. The Balaban J connectivity index is 1.39. The number of hydrogen-bond acceptors (Lipinski definition) is 4. The molecular formula is C22H25ClN2O4. The van der Waals surface area contributed by atoms with E-state index in [-0.39, 0.29) is 24.0 Å².